The van der Waals surface area contributed by atoms with Gasteiger partial charge in [-0.1, -0.05) is 15.9 Å². The van der Waals surface area contributed by atoms with Gasteiger partial charge >= 0.3 is 0 Å². The Hall–Kier alpha value is -2.80. The van der Waals surface area contributed by atoms with E-state index in [2.05, 4.69) is 21.2 Å². The summed E-state index contributed by atoms with van der Waals surface area (Å²) < 4.78 is 13.1. The van der Waals surface area contributed by atoms with Crippen LogP contribution < -0.4 is 20.2 Å². The van der Waals surface area contributed by atoms with Crippen molar-refractivity contribution in [1.29, 1.82) is 0 Å². The molecule has 0 saturated carbocycles. The normalized spacial score (nSPS) is 12.4. The molecule has 0 spiro atoms. The molecule has 126 valence electrons. The highest BCUT2D eigenvalue weighted by Crippen LogP contribution is 2.34. The highest BCUT2D eigenvalue weighted by molar-refractivity contribution is 9.10. The summed E-state index contributed by atoms with van der Waals surface area (Å²) in [5.41, 5.74) is 1.25. The van der Waals surface area contributed by atoms with E-state index in [9.17, 15) is 9.59 Å². The van der Waals surface area contributed by atoms with E-state index < -0.39 is 0 Å². The van der Waals surface area contributed by atoms with E-state index in [-0.39, 0.29) is 24.7 Å². The Kier molecular flexibility index (Phi) is 3.93. The smallest absolute Gasteiger partial charge is 0.244 e. The van der Waals surface area contributed by atoms with Crippen LogP contribution in [0.4, 0.5) is 5.69 Å². The fourth-order valence-corrected chi connectivity index (χ4v) is 3.11. The van der Waals surface area contributed by atoms with E-state index >= 15 is 0 Å². The van der Waals surface area contributed by atoms with Gasteiger partial charge in [-0.15, -0.1) is 0 Å². The molecule has 1 amide bonds. The Morgan fingerprint density at radius 1 is 1.12 bits per heavy atom. The molecule has 0 radical (unpaired) electrons. The molecule has 0 atom stereocenters. The van der Waals surface area contributed by atoms with Crippen LogP contribution in [0.2, 0.25) is 0 Å². The predicted molar refractivity (Wildman–Crippen MR) is 97.1 cm³/mol. The Morgan fingerprint density at radius 3 is 2.84 bits per heavy atom. The Morgan fingerprint density at radius 2 is 1.96 bits per heavy atom. The summed E-state index contributed by atoms with van der Waals surface area (Å²) in [6.45, 7) is 0.276. The van der Waals surface area contributed by atoms with Gasteiger partial charge < -0.3 is 19.4 Å². The first kappa shape index (κ1) is 15.7. The highest BCUT2D eigenvalue weighted by Gasteiger charge is 2.14. The Balaban J connectivity index is 1.58. The summed E-state index contributed by atoms with van der Waals surface area (Å²) in [4.78, 5) is 24.4. The lowest BCUT2D eigenvalue weighted by molar-refractivity contribution is -0.116. The number of fused-ring (bicyclic) bond motifs is 2. The summed E-state index contributed by atoms with van der Waals surface area (Å²) in [5, 5.41) is 3.39. The van der Waals surface area contributed by atoms with Crippen LogP contribution in [0.25, 0.3) is 10.9 Å². The lowest BCUT2D eigenvalue weighted by Crippen LogP contribution is -2.20. The minimum absolute atomic E-state index is 0.0799. The second-order valence-corrected chi connectivity index (χ2v) is 6.50. The van der Waals surface area contributed by atoms with Crippen LogP contribution in [0.15, 0.2) is 57.9 Å². The fourth-order valence-electron chi connectivity index (χ4n) is 2.75. The molecule has 0 aliphatic carbocycles. The number of hydrogen-bond donors (Lipinski definition) is 1. The molecule has 6 nitrogen and oxygen atoms in total. The van der Waals surface area contributed by atoms with E-state index in [0.717, 1.165) is 4.47 Å². The fraction of sp³-hybridized carbons (Fsp3) is 0.111. The average Bonchev–Trinajstić information content (AvgIpc) is 3.05. The number of nitrogens with zero attached hydrogens (tertiary/aromatic N) is 1. The van der Waals surface area contributed by atoms with Crippen molar-refractivity contribution >= 4 is 38.4 Å². The zero-order chi connectivity index (χ0) is 17.4. The largest absolute Gasteiger partial charge is 0.454 e. The lowest BCUT2D eigenvalue weighted by atomic mass is 10.2. The van der Waals surface area contributed by atoms with Crippen LogP contribution in [0.1, 0.15) is 0 Å². The van der Waals surface area contributed by atoms with Crippen molar-refractivity contribution < 1.29 is 14.3 Å². The first-order valence-electron chi connectivity index (χ1n) is 7.58. The summed E-state index contributed by atoms with van der Waals surface area (Å²) >= 11 is 3.36. The molecule has 1 aromatic heterocycles. The van der Waals surface area contributed by atoms with Crippen LogP contribution >= 0.6 is 15.9 Å². The molecule has 2 aromatic carbocycles. The number of pyridine rings is 1. The molecule has 1 aliphatic rings. The number of benzene rings is 2. The van der Waals surface area contributed by atoms with Crippen molar-refractivity contribution in [1.82, 2.24) is 4.57 Å². The number of ether oxygens (including phenoxy) is 2. The molecule has 3 aromatic rings. The third kappa shape index (κ3) is 3.10. The third-order valence-electron chi connectivity index (χ3n) is 3.91. The van der Waals surface area contributed by atoms with Gasteiger partial charge in [0.05, 0.1) is 5.52 Å². The Bertz CT molecular complexity index is 1040. The summed E-state index contributed by atoms with van der Waals surface area (Å²) in [7, 11) is 0. The average molecular weight is 401 g/mol. The number of halogens is 1. The molecule has 0 fully saturated rings. The number of aromatic nitrogens is 1. The molecule has 1 N–H and O–H groups in total. The number of hydrogen-bond acceptors (Lipinski definition) is 4. The molecule has 0 saturated heterocycles. The zero-order valence-corrected chi connectivity index (χ0v) is 14.6. The molecule has 7 heteroatoms. The van der Waals surface area contributed by atoms with E-state index in [1.54, 1.807) is 35.0 Å². The van der Waals surface area contributed by atoms with Crippen LogP contribution in [0.5, 0.6) is 11.5 Å². The van der Waals surface area contributed by atoms with Gasteiger partial charge in [0.2, 0.25) is 12.7 Å². The first-order chi connectivity index (χ1) is 12.1. The summed E-state index contributed by atoms with van der Waals surface area (Å²) in [6.07, 6.45) is 1.62. The van der Waals surface area contributed by atoms with Gasteiger partial charge in [-0.3, -0.25) is 9.59 Å². The van der Waals surface area contributed by atoms with Gasteiger partial charge in [-0.05, 0) is 30.3 Å². The van der Waals surface area contributed by atoms with Gasteiger partial charge in [0.1, 0.15) is 6.54 Å². The summed E-state index contributed by atoms with van der Waals surface area (Å²) in [6, 6.07) is 12.1. The molecule has 2 heterocycles. The van der Waals surface area contributed by atoms with Gasteiger partial charge in [-0.2, -0.15) is 0 Å². The van der Waals surface area contributed by atoms with Crippen molar-refractivity contribution in [3.63, 3.8) is 0 Å². The van der Waals surface area contributed by atoms with Crippen molar-refractivity contribution in [2.24, 2.45) is 0 Å². The zero-order valence-electron chi connectivity index (χ0n) is 13.0. The monoisotopic (exact) mass is 400 g/mol. The van der Waals surface area contributed by atoms with Crippen molar-refractivity contribution in [3.05, 3.63) is 63.4 Å². The minimum atomic E-state index is -0.202. The van der Waals surface area contributed by atoms with Crippen molar-refractivity contribution in [2.75, 3.05) is 12.1 Å². The number of anilines is 1. The molecule has 1 aliphatic heterocycles. The standard InChI is InChI=1S/C18H13BrN2O4/c19-11-1-3-14-13(7-11)15(22)5-6-21(14)9-18(23)20-12-2-4-16-17(8-12)25-10-24-16/h1-8H,9-10H2,(H,20,23). The van der Waals surface area contributed by atoms with Crippen LogP contribution in [0.3, 0.4) is 0 Å². The quantitative estimate of drug-likeness (QED) is 0.732. The van der Waals surface area contributed by atoms with Crippen molar-refractivity contribution in [2.45, 2.75) is 6.54 Å². The predicted octanol–water partition coefficient (Wildman–Crippen LogP) is 3.13. The topological polar surface area (TPSA) is 69.6 Å². The highest BCUT2D eigenvalue weighted by atomic mass is 79.9. The number of nitrogens with one attached hydrogen (secondary N) is 1. The van der Waals surface area contributed by atoms with Gasteiger partial charge in [-0.25, -0.2) is 0 Å². The first-order valence-corrected chi connectivity index (χ1v) is 8.38. The Labute approximate surface area is 151 Å². The van der Waals surface area contributed by atoms with E-state index in [4.69, 9.17) is 9.47 Å². The maximum atomic E-state index is 12.4. The molecule has 25 heavy (non-hydrogen) atoms. The number of carbonyl (C=O) groups excluding carboxylic acids is 1. The second-order valence-electron chi connectivity index (χ2n) is 5.59. The van der Waals surface area contributed by atoms with Gasteiger partial charge in [0.15, 0.2) is 16.9 Å². The van der Waals surface area contributed by atoms with Gasteiger partial charge in [0.25, 0.3) is 0 Å². The lowest BCUT2D eigenvalue weighted by Gasteiger charge is -2.11. The van der Waals surface area contributed by atoms with Gasteiger partial charge in [0, 0.05) is 33.9 Å². The SMILES string of the molecule is O=C(Cn1ccc(=O)c2cc(Br)ccc21)Nc1ccc2c(c1)OCO2. The summed E-state index contributed by atoms with van der Waals surface area (Å²) in [5.74, 6) is 1.07. The number of carbonyl (C=O) groups is 1. The minimum Gasteiger partial charge on any atom is -0.454 e. The molecular weight excluding hydrogens is 388 g/mol. The van der Waals surface area contributed by atoms with Crippen LogP contribution in [0, 0.1) is 0 Å². The maximum absolute atomic E-state index is 12.4. The third-order valence-corrected chi connectivity index (χ3v) is 4.40. The molecule has 0 bridgehead atoms. The van der Waals surface area contributed by atoms with E-state index in [1.807, 2.05) is 12.1 Å². The number of amides is 1. The van der Waals surface area contributed by atoms with E-state index in [0.29, 0.717) is 28.1 Å². The molecule has 4 rings (SSSR count). The van der Waals surface area contributed by atoms with Crippen molar-refractivity contribution in [3.8, 4) is 11.5 Å². The number of rotatable bonds is 3. The van der Waals surface area contributed by atoms with Crippen LogP contribution in [-0.2, 0) is 11.3 Å². The molecular formula is C18H13BrN2O4. The molecule has 0 unspecified atom stereocenters. The van der Waals surface area contributed by atoms with E-state index in [1.165, 1.54) is 6.07 Å². The van der Waals surface area contributed by atoms with Crippen LogP contribution in [-0.4, -0.2) is 17.3 Å². The maximum Gasteiger partial charge on any atom is 0.244 e. The second kappa shape index (κ2) is 6.25.